The van der Waals surface area contributed by atoms with Crippen molar-refractivity contribution in [3.8, 4) is 5.75 Å². The smallest absolute Gasteiger partial charge is 0.217 e. The molecule has 0 radical (unpaired) electrons. The molecule has 5 heteroatoms. The molecular weight excluding hydrogens is 345 g/mol. The molecular formula is C22H26FNO3. The molecule has 0 heterocycles. The van der Waals surface area contributed by atoms with Crippen molar-refractivity contribution in [2.45, 2.75) is 46.3 Å². The summed E-state index contributed by atoms with van der Waals surface area (Å²) in [7, 11) is 0. The highest BCUT2D eigenvalue weighted by atomic mass is 19.1. The number of aryl methyl sites for hydroxylation is 1. The number of hydrogen-bond acceptors (Lipinski definition) is 3. The van der Waals surface area contributed by atoms with Crippen LogP contribution >= 0.6 is 0 Å². The van der Waals surface area contributed by atoms with Crippen LogP contribution in [0, 0.1) is 11.7 Å². The first kappa shape index (κ1) is 20.6. The highest BCUT2D eigenvalue weighted by Crippen LogP contribution is 2.16. The molecule has 0 aliphatic rings. The van der Waals surface area contributed by atoms with Crippen molar-refractivity contribution < 1.29 is 18.7 Å². The van der Waals surface area contributed by atoms with E-state index in [0.717, 1.165) is 11.1 Å². The predicted molar refractivity (Wildman–Crippen MR) is 103 cm³/mol. The summed E-state index contributed by atoms with van der Waals surface area (Å²) in [5.41, 5.74) is 1.79. The summed E-state index contributed by atoms with van der Waals surface area (Å²) in [4.78, 5) is 23.6. The number of amides is 1. The molecule has 1 N–H and O–H groups in total. The minimum absolute atomic E-state index is 0.0339. The van der Waals surface area contributed by atoms with Gasteiger partial charge in [-0.15, -0.1) is 0 Å². The second-order valence-corrected chi connectivity index (χ2v) is 6.95. The van der Waals surface area contributed by atoms with Gasteiger partial charge in [0.05, 0.1) is 6.04 Å². The SMILES string of the molecule is CC(=O)N[C@@H](C(=O)CCc1ccc(OCc2cccc(F)c2)cc1)C(C)C. The van der Waals surface area contributed by atoms with Crippen molar-refractivity contribution in [3.05, 3.63) is 65.5 Å². The first-order valence-corrected chi connectivity index (χ1v) is 9.11. The van der Waals surface area contributed by atoms with E-state index in [-0.39, 0.29) is 23.4 Å². The number of hydrogen-bond donors (Lipinski definition) is 1. The van der Waals surface area contributed by atoms with E-state index < -0.39 is 6.04 Å². The average Bonchev–Trinajstić information content (AvgIpc) is 2.63. The van der Waals surface area contributed by atoms with Crippen LogP contribution in [0.15, 0.2) is 48.5 Å². The third-order valence-corrected chi connectivity index (χ3v) is 4.25. The number of ketones is 1. The van der Waals surface area contributed by atoms with Crippen LogP contribution < -0.4 is 10.1 Å². The molecule has 27 heavy (non-hydrogen) atoms. The summed E-state index contributed by atoms with van der Waals surface area (Å²) >= 11 is 0. The second-order valence-electron chi connectivity index (χ2n) is 6.95. The second kappa shape index (κ2) is 9.86. The number of carbonyl (C=O) groups is 2. The van der Waals surface area contributed by atoms with E-state index in [1.54, 1.807) is 6.07 Å². The maximum Gasteiger partial charge on any atom is 0.217 e. The molecule has 2 aromatic rings. The summed E-state index contributed by atoms with van der Waals surface area (Å²) in [6, 6.07) is 13.4. The monoisotopic (exact) mass is 371 g/mol. The van der Waals surface area contributed by atoms with Crippen molar-refractivity contribution in [2.24, 2.45) is 5.92 Å². The maximum absolute atomic E-state index is 13.2. The van der Waals surface area contributed by atoms with E-state index in [2.05, 4.69) is 5.32 Å². The Bertz CT molecular complexity index is 771. The maximum atomic E-state index is 13.2. The first-order chi connectivity index (χ1) is 12.8. The number of benzene rings is 2. The molecule has 1 amide bonds. The summed E-state index contributed by atoms with van der Waals surface area (Å²) in [6.07, 6.45) is 0.971. The number of ether oxygens (including phenoxy) is 1. The number of rotatable bonds is 9. The molecule has 0 unspecified atom stereocenters. The Morgan fingerprint density at radius 3 is 2.37 bits per heavy atom. The summed E-state index contributed by atoms with van der Waals surface area (Å²) in [6.45, 7) is 5.56. The average molecular weight is 371 g/mol. The van der Waals surface area contributed by atoms with Gasteiger partial charge >= 0.3 is 0 Å². The van der Waals surface area contributed by atoms with Gasteiger partial charge in [0.2, 0.25) is 5.91 Å². The van der Waals surface area contributed by atoms with Crippen LogP contribution in [-0.4, -0.2) is 17.7 Å². The molecule has 0 spiro atoms. The minimum Gasteiger partial charge on any atom is -0.489 e. The van der Waals surface area contributed by atoms with Crippen molar-refractivity contribution in [1.29, 1.82) is 0 Å². The fraction of sp³-hybridized carbons (Fsp3) is 0.364. The molecule has 0 aliphatic carbocycles. The molecule has 0 saturated heterocycles. The normalized spacial score (nSPS) is 11.9. The van der Waals surface area contributed by atoms with E-state index in [0.29, 0.717) is 25.2 Å². The third kappa shape index (κ3) is 6.85. The highest BCUT2D eigenvalue weighted by Gasteiger charge is 2.22. The Morgan fingerprint density at radius 1 is 1.07 bits per heavy atom. The van der Waals surface area contributed by atoms with Crippen LogP contribution in [0.25, 0.3) is 0 Å². The molecule has 144 valence electrons. The van der Waals surface area contributed by atoms with Gasteiger partial charge in [-0.3, -0.25) is 9.59 Å². The molecule has 0 aliphatic heterocycles. The Morgan fingerprint density at radius 2 is 1.78 bits per heavy atom. The zero-order chi connectivity index (χ0) is 19.8. The predicted octanol–water partition coefficient (Wildman–Crippen LogP) is 4.07. The van der Waals surface area contributed by atoms with Crippen LogP contribution in [0.1, 0.15) is 38.3 Å². The first-order valence-electron chi connectivity index (χ1n) is 9.11. The lowest BCUT2D eigenvalue weighted by Gasteiger charge is -2.20. The number of nitrogens with one attached hydrogen (secondary N) is 1. The number of Topliss-reactive ketones (excluding diaryl/α,β-unsaturated/α-hetero) is 1. The summed E-state index contributed by atoms with van der Waals surface area (Å²) in [5.74, 6) is 0.302. The van der Waals surface area contributed by atoms with Crippen molar-refractivity contribution in [2.75, 3.05) is 0 Å². The fourth-order valence-corrected chi connectivity index (χ4v) is 2.81. The van der Waals surface area contributed by atoms with Crippen LogP contribution in [0.5, 0.6) is 5.75 Å². The summed E-state index contributed by atoms with van der Waals surface area (Å²) < 4.78 is 18.8. The molecule has 1 atom stereocenters. The topological polar surface area (TPSA) is 55.4 Å². The van der Waals surface area contributed by atoms with Crippen molar-refractivity contribution in [3.63, 3.8) is 0 Å². The lowest BCUT2D eigenvalue weighted by Crippen LogP contribution is -2.43. The van der Waals surface area contributed by atoms with Crippen LogP contribution in [0.4, 0.5) is 4.39 Å². The van der Waals surface area contributed by atoms with Crippen molar-refractivity contribution in [1.82, 2.24) is 5.32 Å². The standard InChI is InChI=1S/C22H26FNO3/c1-15(2)22(24-16(3)25)21(26)12-9-17-7-10-20(11-8-17)27-14-18-5-4-6-19(23)13-18/h4-8,10-11,13,15,22H,9,12,14H2,1-3H3,(H,24,25)/t22-/m1/s1. The molecule has 0 fully saturated rings. The number of carbonyl (C=O) groups excluding carboxylic acids is 2. The van der Waals surface area contributed by atoms with E-state index >= 15 is 0 Å². The third-order valence-electron chi connectivity index (χ3n) is 4.25. The van der Waals surface area contributed by atoms with E-state index in [4.69, 9.17) is 4.74 Å². The molecule has 0 aromatic heterocycles. The van der Waals surface area contributed by atoms with Gasteiger partial charge in [-0.25, -0.2) is 4.39 Å². The molecule has 4 nitrogen and oxygen atoms in total. The molecule has 0 saturated carbocycles. The van der Waals surface area contributed by atoms with Crippen molar-refractivity contribution >= 4 is 11.7 Å². The Hall–Kier alpha value is -2.69. The Kier molecular flexibility index (Phi) is 7.53. The fourth-order valence-electron chi connectivity index (χ4n) is 2.81. The van der Waals surface area contributed by atoms with Gasteiger partial charge in [0.1, 0.15) is 18.2 Å². The number of halogens is 1. The van der Waals surface area contributed by atoms with E-state index in [9.17, 15) is 14.0 Å². The van der Waals surface area contributed by atoms with E-state index in [1.807, 2.05) is 44.2 Å². The quantitative estimate of drug-likeness (QED) is 0.723. The lowest BCUT2D eigenvalue weighted by molar-refractivity contribution is -0.127. The van der Waals surface area contributed by atoms with Gasteiger partial charge < -0.3 is 10.1 Å². The highest BCUT2D eigenvalue weighted by molar-refractivity contribution is 5.88. The van der Waals surface area contributed by atoms with Crippen LogP contribution in [0.2, 0.25) is 0 Å². The van der Waals surface area contributed by atoms with Gasteiger partial charge in [0, 0.05) is 13.3 Å². The Labute approximate surface area is 159 Å². The van der Waals surface area contributed by atoms with E-state index in [1.165, 1.54) is 19.1 Å². The van der Waals surface area contributed by atoms with Gasteiger partial charge in [-0.1, -0.05) is 38.1 Å². The zero-order valence-corrected chi connectivity index (χ0v) is 16.0. The van der Waals surface area contributed by atoms with Gasteiger partial charge in [-0.05, 0) is 47.7 Å². The van der Waals surface area contributed by atoms with Gasteiger partial charge in [-0.2, -0.15) is 0 Å². The zero-order valence-electron chi connectivity index (χ0n) is 16.0. The van der Waals surface area contributed by atoms with Crippen LogP contribution in [-0.2, 0) is 22.6 Å². The Balaban J connectivity index is 1.86. The lowest BCUT2D eigenvalue weighted by atomic mass is 9.95. The van der Waals surface area contributed by atoms with Gasteiger partial charge in [0.15, 0.2) is 5.78 Å². The summed E-state index contributed by atoms with van der Waals surface area (Å²) in [5, 5.41) is 2.73. The minimum atomic E-state index is -0.448. The molecule has 0 bridgehead atoms. The molecule has 2 rings (SSSR count). The van der Waals surface area contributed by atoms with Gasteiger partial charge in [0.25, 0.3) is 0 Å². The van der Waals surface area contributed by atoms with Crippen LogP contribution in [0.3, 0.4) is 0 Å². The molecule has 2 aromatic carbocycles. The largest absolute Gasteiger partial charge is 0.489 e.